The molecule has 2 aromatic rings. The van der Waals surface area contributed by atoms with E-state index in [1.807, 2.05) is 0 Å². The van der Waals surface area contributed by atoms with Gasteiger partial charge >= 0.3 is 7.60 Å². The van der Waals surface area contributed by atoms with E-state index in [1.165, 1.54) is 24.3 Å². The Bertz CT molecular complexity index is 780. The van der Waals surface area contributed by atoms with Crippen molar-refractivity contribution in [3.63, 3.8) is 0 Å². The van der Waals surface area contributed by atoms with Gasteiger partial charge in [-0.2, -0.15) is 0 Å². The van der Waals surface area contributed by atoms with Crippen molar-refractivity contribution in [2.75, 3.05) is 0 Å². The van der Waals surface area contributed by atoms with Crippen LogP contribution in [-0.2, 0) is 16.8 Å². The minimum Gasteiger partial charge on any atom is -0.508 e. The third kappa shape index (κ3) is 3.82. The molecule has 0 saturated heterocycles. The molecule has 0 aromatic heterocycles. The predicted molar refractivity (Wildman–Crippen MR) is 79.4 cm³/mol. The number of aliphatic hydroxyl groups is 2. The number of rotatable bonds is 4. The number of phenolic OH excluding ortho intramolecular Hbond substituents is 3. The highest BCUT2D eigenvalue weighted by Gasteiger charge is 2.38. The number of benzene rings is 2. The molecule has 0 bridgehead atoms. The highest BCUT2D eigenvalue weighted by atomic mass is 31.2. The summed E-state index contributed by atoms with van der Waals surface area (Å²) >= 11 is 0. The summed E-state index contributed by atoms with van der Waals surface area (Å²) in [4.78, 5) is 18.6. The van der Waals surface area contributed by atoms with Gasteiger partial charge in [0.2, 0.25) is 0 Å². The Labute approximate surface area is 130 Å². The smallest absolute Gasteiger partial charge is 0.356 e. The molecule has 0 heterocycles. The molecular weight excluding hydrogens is 327 g/mol. The Balaban J connectivity index is 2.57. The molecule has 2 rings (SSSR count). The van der Waals surface area contributed by atoms with Crippen molar-refractivity contribution < 1.29 is 39.9 Å². The molecule has 23 heavy (non-hydrogen) atoms. The van der Waals surface area contributed by atoms with Gasteiger partial charge < -0.3 is 35.3 Å². The zero-order chi connectivity index (χ0) is 17.4. The Kier molecular flexibility index (Phi) is 4.39. The predicted octanol–water partition coefficient (Wildman–Crippen LogP) is -0.0135. The number of phenols is 3. The lowest BCUT2D eigenvalue weighted by atomic mass is 9.96. The number of hydrogen-bond acceptors (Lipinski definition) is 6. The lowest BCUT2D eigenvalue weighted by molar-refractivity contribution is -0.168. The zero-order valence-corrected chi connectivity index (χ0v) is 12.6. The number of aromatic hydroxyl groups is 3. The van der Waals surface area contributed by atoms with Gasteiger partial charge in [-0.3, -0.25) is 4.57 Å². The van der Waals surface area contributed by atoms with E-state index >= 15 is 0 Å². The lowest BCUT2D eigenvalue weighted by Crippen LogP contribution is -2.33. The summed E-state index contributed by atoms with van der Waals surface area (Å²) in [6.45, 7) is 0. The van der Waals surface area contributed by atoms with E-state index in [0.29, 0.717) is 6.07 Å². The lowest BCUT2D eigenvalue weighted by Gasteiger charge is -2.26. The van der Waals surface area contributed by atoms with Gasteiger partial charge in [0, 0.05) is 12.5 Å². The third-order valence-corrected chi connectivity index (χ3v) is 4.14. The van der Waals surface area contributed by atoms with Crippen LogP contribution >= 0.6 is 7.60 Å². The SMILES string of the molecule is O=P(O)(O)c1cc(O)cc(O)c1C(O)(O)Cc1cccc(O)c1. The first-order valence-corrected chi connectivity index (χ1v) is 7.97. The van der Waals surface area contributed by atoms with Gasteiger partial charge in [-0.05, 0) is 23.8 Å². The Morgan fingerprint density at radius 2 is 1.61 bits per heavy atom. The summed E-state index contributed by atoms with van der Waals surface area (Å²) in [6, 6.07) is 6.88. The van der Waals surface area contributed by atoms with Crippen LogP contribution < -0.4 is 5.30 Å². The minimum atomic E-state index is -5.01. The summed E-state index contributed by atoms with van der Waals surface area (Å²) in [5.41, 5.74) is -0.564. The molecule has 124 valence electrons. The van der Waals surface area contributed by atoms with Crippen LogP contribution in [0.5, 0.6) is 17.2 Å². The standard InChI is InChI=1S/C14H15O8P/c15-9-3-1-2-8(4-9)7-14(18,19)13-11(17)5-10(16)6-12(13)23(20,21)22/h1-6,15-19H,7H2,(H2,20,21,22). The van der Waals surface area contributed by atoms with Crippen LogP contribution in [0.15, 0.2) is 36.4 Å². The van der Waals surface area contributed by atoms with Gasteiger partial charge in [-0.15, -0.1) is 0 Å². The quantitative estimate of drug-likeness (QED) is 0.302. The van der Waals surface area contributed by atoms with Crippen molar-refractivity contribution >= 4 is 12.9 Å². The van der Waals surface area contributed by atoms with E-state index in [9.17, 15) is 39.9 Å². The van der Waals surface area contributed by atoms with E-state index in [-0.39, 0.29) is 11.3 Å². The summed E-state index contributed by atoms with van der Waals surface area (Å²) < 4.78 is 11.5. The minimum absolute atomic E-state index is 0.136. The van der Waals surface area contributed by atoms with Crippen LogP contribution in [0.2, 0.25) is 0 Å². The van der Waals surface area contributed by atoms with E-state index in [4.69, 9.17) is 0 Å². The largest absolute Gasteiger partial charge is 0.508 e. The fraction of sp³-hybridized carbons (Fsp3) is 0.143. The fourth-order valence-electron chi connectivity index (χ4n) is 2.28. The topological polar surface area (TPSA) is 159 Å². The van der Waals surface area contributed by atoms with Crippen LogP contribution in [0.1, 0.15) is 11.1 Å². The molecule has 0 unspecified atom stereocenters. The van der Waals surface area contributed by atoms with E-state index in [1.54, 1.807) is 0 Å². The second-order valence-electron chi connectivity index (χ2n) is 5.07. The van der Waals surface area contributed by atoms with Crippen molar-refractivity contribution in [2.45, 2.75) is 12.2 Å². The monoisotopic (exact) mass is 342 g/mol. The summed E-state index contributed by atoms with van der Waals surface area (Å²) in [5, 5.41) is 48.2. The highest BCUT2D eigenvalue weighted by molar-refractivity contribution is 7.60. The first-order valence-electron chi connectivity index (χ1n) is 6.36. The molecule has 2 aromatic carbocycles. The Morgan fingerprint density at radius 1 is 0.957 bits per heavy atom. The molecular formula is C14H15O8P. The van der Waals surface area contributed by atoms with Gasteiger partial charge in [-0.1, -0.05) is 12.1 Å². The molecule has 0 aliphatic rings. The van der Waals surface area contributed by atoms with Crippen LogP contribution in [-0.4, -0.2) is 35.3 Å². The van der Waals surface area contributed by atoms with Gasteiger partial charge in [0.05, 0.1) is 10.9 Å². The van der Waals surface area contributed by atoms with Crippen molar-refractivity contribution in [3.05, 3.63) is 47.5 Å². The van der Waals surface area contributed by atoms with Crippen molar-refractivity contribution in [1.29, 1.82) is 0 Å². The molecule has 0 fully saturated rings. The summed E-state index contributed by atoms with van der Waals surface area (Å²) in [6.07, 6.45) is -0.563. The van der Waals surface area contributed by atoms with E-state index in [2.05, 4.69) is 0 Å². The van der Waals surface area contributed by atoms with Crippen LogP contribution in [0.4, 0.5) is 0 Å². The maximum absolute atomic E-state index is 11.5. The normalized spacial score (nSPS) is 12.3. The van der Waals surface area contributed by atoms with E-state index < -0.39 is 42.2 Å². The van der Waals surface area contributed by atoms with Crippen molar-refractivity contribution in [3.8, 4) is 17.2 Å². The Morgan fingerprint density at radius 3 is 2.17 bits per heavy atom. The molecule has 0 atom stereocenters. The van der Waals surface area contributed by atoms with E-state index in [0.717, 1.165) is 6.07 Å². The second-order valence-corrected chi connectivity index (χ2v) is 6.64. The zero-order valence-electron chi connectivity index (χ0n) is 11.7. The molecule has 9 heteroatoms. The molecule has 8 nitrogen and oxygen atoms in total. The highest BCUT2D eigenvalue weighted by Crippen LogP contribution is 2.42. The summed E-state index contributed by atoms with van der Waals surface area (Å²) in [7, 11) is -5.01. The van der Waals surface area contributed by atoms with Crippen LogP contribution in [0.25, 0.3) is 0 Å². The summed E-state index contributed by atoms with van der Waals surface area (Å²) in [5.74, 6) is -4.50. The fourth-order valence-corrected chi connectivity index (χ4v) is 3.16. The molecule has 7 N–H and O–H groups in total. The first-order chi connectivity index (χ1) is 10.5. The molecule has 0 amide bonds. The third-order valence-electron chi connectivity index (χ3n) is 3.16. The molecule has 0 radical (unpaired) electrons. The first kappa shape index (κ1) is 17.3. The molecule has 0 saturated carbocycles. The maximum atomic E-state index is 11.5. The van der Waals surface area contributed by atoms with Gasteiger partial charge in [0.25, 0.3) is 0 Å². The average molecular weight is 342 g/mol. The van der Waals surface area contributed by atoms with Gasteiger partial charge in [0.1, 0.15) is 17.2 Å². The van der Waals surface area contributed by atoms with Crippen LogP contribution in [0, 0.1) is 0 Å². The Hall–Kier alpha value is -2.09. The molecule has 0 aliphatic heterocycles. The van der Waals surface area contributed by atoms with Gasteiger partial charge in [-0.25, -0.2) is 0 Å². The van der Waals surface area contributed by atoms with Crippen molar-refractivity contribution in [1.82, 2.24) is 0 Å². The average Bonchev–Trinajstić information content (AvgIpc) is 2.35. The van der Waals surface area contributed by atoms with Crippen LogP contribution in [0.3, 0.4) is 0 Å². The number of hydrogen-bond donors (Lipinski definition) is 7. The van der Waals surface area contributed by atoms with Crippen molar-refractivity contribution in [2.24, 2.45) is 0 Å². The second kappa shape index (κ2) is 5.84. The van der Waals surface area contributed by atoms with Gasteiger partial charge in [0.15, 0.2) is 5.79 Å². The molecule has 0 spiro atoms. The molecule has 0 aliphatic carbocycles. The maximum Gasteiger partial charge on any atom is 0.356 e.